The minimum absolute atomic E-state index is 0.247. The third-order valence-corrected chi connectivity index (χ3v) is 3.44. The number of benzene rings is 1. The lowest BCUT2D eigenvalue weighted by Crippen LogP contribution is -2.45. The van der Waals surface area contributed by atoms with Crippen LogP contribution < -0.4 is 10.1 Å². The lowest BCUT2D eigenvalue weighted by Gasteiger charge is -2.34. The van der Waals surface area contributed by atoms with Crippen molar-refractivity contribution in [3.05, 3.63) is 29.6 Å². The van der Waals surface area contributed by atoms with Crippen LogP contribution in [0.2, 0.25) is 0 Å². The second-order valence-electron chi connectivity index (χ2n) is 4.52. The second-order valence-corrected chi connectivity index (χ2v) is 4.52. The first-order chi connectivity index (χ1) is 9.27. The zero-order valence-electron chi connectivity index (χ0n) is 11.0. The van der Waals surface area contributed by atoms with Crippen LogP contribution in [0.1, 0.15) is 18.0 Å². The Morgan fingerprint density at radius 3 is 2.84 bits per heavy atom. The van der Waals surface area contributed by atoms with Gasteiger partial charge in [0.2, 0.25) is 0 Å². The van der Waals surface area contributed by atoms with Crippen molar-refractivity contribution in [3.8, 4) is 11.8 Å². The molecule has 0 unspecified atom stereocenters. The fourth-order valence-corrected chi connectivity index (χ4v) is 2.51. The zero-order chi connectivity index (χ0) is 13.7. The number of piperazine rings is 1. The number of nitrogens with zero attached hydrogens (tertiary/aromatic N) is 2. The van der Waals surface area contributed by atoms with E-state index in [1.165, 1.54) is 13.2 Å². The molecule has 1 atom stereocenters. The van der Waals surface area contributed by atoms with Gasteiger partial charge in [0.25, 0.3) is 0 Å². The monoisotopic (exact) mass is 263 g/mol. The maximum absolute atomic E-state index is 14.1. The van der Waals surface area contributed by atoms with E-state index in [9.17, 15) is 4.39 Å². The highest BCUT2D eigenvalue weighted by Crippen LogP contribution is 2.33. The molecule has 2 rings (SSSR count). The molecule has 0 spiro atoms. The molecule has 1 saturated heterocycles. The Morgan fingerprint density at radius 1 is 1.47 bits per heavy atom. The van der Waals surface area contributed by atoms with Gasteiger partial charge in [-0.1, -0.05) is 6.07 Å². The minimum atomic E-state index is -0.307. The highest BCUT2D eigenvalue weighted by molar-refractivity contribution is 5.37. The Bertz CT molecular complexity index is 466. The van der Waals surface area contributed by atoms with Crippen LogP contribution in [0.3, 0.4) is 0 Å². The van der Waals surface area contributed by atoms with Gasteiger partial charge in [-0.15, -0.1) is 0 Å². The van der Waals surface area contributed by atoms with E-state index in [1.54, 1.807) is 12.1 Å². The minimum Gasteiger partial charge on any atom is -0.496 e. The molecule has 0 aromatic heterocycles. The van der Waals surface area contributed by atoms with Gasteiger partial charge in [-0.05, 0) is 12.1 Å². The molecule has 1 heterocycles. The van der Waals surface area contributed by atoms with Gasteiger partial charge < -0.3 is 10.1 Å². The van der Waals surface area contributed by atoms with Crippen molar-refractivity contribution in [2.75, 3.05) is 33.3 Å². The number of halogens is 1. The molecule has 1 aromatic carbocycles. The fraction of sp³-hybridized carbons (Fsp3) is 0.500. The van der Waals surface area contributed by atoms with Crippen molar-refractivity contribution in [3.63, 3.8) is 0 Å². The summed E-state index contributed by atoms with van der Waals surface area (Å²) in [4.78, 5) is 2.14. The largest absolute Gasteiger partial charge is 0.496 e. The molecular weight excluding hydrogens is 245 g/mol. The summed E-state index contributed by atoms with van der Waals surface area (Å²) in [6.45, 7) is 3.34. The Kier molecular flexibility index (Phi) is 4.72. The van der Waals surface area contributed by atoms with Crippen LogP contribution in [0.15, 0.2) is 18.2 Å². The smallest absolute Gasteiger partial charge is 0.131 e. The molecule has 1 aliphatic rings. The van der Waals surface area contributed by atoms with Gasteiger partial charge in [-0.25, -0.2) is 4.39 Å². The summed E-state index contributed by atoms with van der Waals surface area (Å²) in [6.07, 6.45) is 0.261. The zero-order valence-corrected chi connectivity index (χ0v) is 11.0. The van der Waals surface area contributed by atoms with Gasteiger partial charge >= 0.3 is 0 Å². The molecule has 0 amide bonds. The van der Waals surface area contributed by atoms with E-state index in [4.69, 9.17) is 10.00 Å². The van der Waals surface area contributed by atoms with Gasteiger partial charge in [0, 0.05) is 31.7 Å². The average molecular weight is 263 g/mol. The van der Waals surface area contributed by atoms with E-state index in [0.29, 0.717) is 11.3 Å². The molecule has 1 aliphatic heterocycles. The van der Waals surface area contributed by atoms with E-state index in [0.717, 1.165) is 26.2 Å². The molecule has 5 heteroatoms. The molecule has 19 heavy (non-hydrogen) atoms. The van der Waals surface area contributed by atoms with Gasteiger partial charge in [0.1, 0.15) is 11.6 Å². The van der Waals surface area contributed by atoms with E-state index in [1.807, 2.05) is 0 Å². The van der Waals surface area contributed by atoms with Crippen LogP contribution in [0, 0.1) is 17.1 Å². The van der Waals surface area contributed by atoms with E-state index >= 15 is 0 Å². The van der Waals surface area contributed by atoms with Crippen molar-refractivity contribution in [1.82, 2.24) is 10.2 Å². The van der Waals surface area contributed by atoms with Crippen LogP contribution in [0.5, 0.6) is 5.75 Å². The van der Waals surface area contributed by atoms with Crippen LogP contribution in [-0.2, 0) is 0 Å². The van der Waals surface area contributed by atoms with E-state index in [-0.39, 0.29) is 18.3 Å². The van der Waals surface area contributed by atoms with Crippen LogP contribution in [0.25, 0.3) is 0 Å². The quantitative estimate of drug-likeness (QED) is 0.898. The van der Waals surface area contributed by atoms with Gasteiger partial charge in [0.15, 0.2) is 0 Å². The van der Waals surface area contributed by atoms with Crippen LogP contribution in [0.4, 0.5) is 4.39 Å². The highest BCUT2D eigenvalue weighted by atomic mass is 19.1. The summed E-state index contributed by atoms with van der Waals surface area (Å²) in [5.74, 6) is 0.205. The number of hydrogen-bond acceptors (Lipinski definition) is 4. The number of hydrogen-bond donors (Lipinski definition) is 1. The molecule has 0 bridgehead atoms. The van der Waals surface area contributed by atoms with Crippen molar-refractivity contribution < 1.29 is 9.13 Å². The Hall–Kier alpha value is -1.64. The third-order valence-electron chi connectivity index (χ3n) is 3.44. The summed E-state index contributed by atoms with van der Waals surface area (Å²) >= 11 is 0. The van der Waals surface area contributed by atoms with Crippen LogP contribution >= 0.6 is 0 Å². The molecule has 102 valence electrons. The number of nitrogens with one attached hydrogen (secondary N) is 1. The first kappa shape index (κ1) is 13.8. The van der Waals surface area contributed by atoms with Crippen molar-refractivity contribution >= 4 is 0 Å². The number of methoxy groups -OCH3 is 1. The lowest BCUT2D eigenvalue weighted by molar-refractivity contribution is 0.169. The number of ether oxygens (including phenoxy) is 1. The van der Waals surface area contributed by atoms with E-state index < -0.39 is 0 Å². The Morgan fingerprint density at radius 2 is 2.21 bits per heavy atom. The highest BCUT2D eigenvalue weighted by Gasteiger charge is 2.27. The topological polar surface area (TPSA) is 48.3 Å². The van der Waals surface area contributed by atoms with E-state index in [2.05, 4.69) is 16.3 Å². The molecule has 4 nitrogen and oxygen atoms in total. The molecular formula is C14H18FN3O. The molecule has 1 fully saturated rings. The summed E-state index contributed by atoms with van der Waals surface area (Å²) in [6, 6.07) is 6.70. The molecule has 1 aromatic rings. The predicted molar refractivity (Wildman–Crippen MR) is 70.4 cm³/mol. The third kappa shape index (κ3) is 3.03. The van der Waals surface area contributed by atoms with Crippen molar-refractivity contribution in [2.45, 2.75) is 12.5 Å². The van der Waals surface area contributed by atoms with Crippen molar-refractivity contribution in [1.29, 1.82) is 5.26 Å². The van der Waals surface area contributed by atoms with Gasteiger partial charge in [0.05, 0.1) is 25.6 Å². The molecule has 0 saturated carbocycles. The van der Waals surface area contributed by atoms with Gasteiger partial charge in [-0.3, -0.25) is 4.90 Å². The predicted octanol–water partition coefficient (Wildman–Crippen LogP) is 1.69. The Balaban J connectivity index is 2.35. The van der Waals surface area contributed by atoms with Gasteiger partial charge in [-0.2, -0.15) is 5.26 Å². The summed E-state index contributed by atoms with van der Waals surface area (Å²) < 4.78 is 19.4. The molecule has 1 N–H and O–H groups in total. The standard InChI is InChI=1S/C14H18FN3O/c1-19-13-4-2-3-11(15)14(13)12(5-6-16)18-9-7-17-8-10-18/h2-4,12,17H,5,7-10H2,1H3/t12-/m0/s1. The fourth-order valence-electron chi connectivity index (χ4n) is 2.51. The number of nitriles is 1. The first-order valence-corrected chi connectivity index (χ1v) is 6.42. The normalized spacial score (nSPS) is 17.7. The second kappa shape index (κ2) is 6.50. The molecule has 0 radical (unpaired) electrons. The maximum Gasteiger partial charge on any atom is 0.131 e. The Labute approximate surface area is 112 Å². The van der Waals surface area contributed by atoms with Crippen molar-refractivity contribution in [2.24, 2.45) is 0 Å². The molecule has 0 aliphatic carbocycles. The number of rotatable bonds is 4. The maximum atomic E-state index is 14.1. The van der Waals surface area contributed by atoms with Crippen LogP contribution in [-0.4, -0.2) is 38.2 Å². The average Bonchev–Trinajstić information content (AvgIpc) is 2.46. The SMILES string of the molecule is COc1cccc(F)c1[C@H](CC#N)N1CCNCC1. The summed E-state index contributed by atoms with van der Waals surface area (Å²) in [7, 11) is 1.53. The first-order valence-electron chi connectivity index (χ1n) is 6.42. The lowest BCUT2D eigenvalue weighted by atomic mass is 10.00. The summed E-state index contributed by atoms with van der Waals surface area (Å²) in [5, 5.41) is 12.3. The summed E-state index contributed by atoms with van der Waals surface area (Å²) in [5.41, 5.74) is 0.494.